The molecule has 0 aliphatic rings. The third-order valence-electron chi connectivity index (χ3n) is 7.37. The molecular weight excluding hydrogens is 641 g/mol. The van der Waals surface area contributed by atoms with Crippen molar-refractivity contribution in [3.63, 3.8) is 0 Å². The highest BCUT2D eigenvalue weighted by Gasteiger charge is 2.35. The van der Waals surface area contributed by atoms with Crippen molar-refractivity contribution in [1.82, 2.24) is 29.1 Å². The number of halogens is 5. The van der Waals surface area contributed by atoms with Crippen LogP contribution in [0.2, 0.25) is 0 Å². The molecule has 0 aliphatic carbocycles. The van der Waals surface area contributed by atoms with Gasteiger partial charge in [-0.3, -0.25) is 9.36 Å². The maximum atomic E-state index is 15.6. The summed E-state index contributed by atoms with van der Waals surface area (Å²) in [6, 6.07) is 11.9. The van der Waals surface area contributed by atoms with Crippen LogP contribution < -0.4 is 26.6 Å². The van der Waals surface area contributed by atoms with E-state index in [0.717, 1.165) is 18.2 Å². The van der Waals surface area contributed by atoms with Gasteiger partial charge in [0.2, 0.25) is 0 Å². The van der Waals surface area contributed by atoms with Crippen LogP contribution in [0.1, 0.15) is 23.7 Å². The van der Waals surface area contributed by atoms with Crippen molar-refractivity contribution in [2.75, 3.05) is 33.1 Å². The van der Waals surface area contributed by atoms with E-state index in [1.54, 1.807) is 50.2 Å². The fourth-order valence-corrected chi connectivity index (χ4v) is 5.27. The van der Waals surface area contributed by atoms with Crippen LogP contribution in [0, 0.1) is 11.6 Å². The molecule has 5 rings (SSSR count). The Hall–Kier alpha value is -5.51. The van der Waals surface area contributed by atoms with Crippen LogP contribution in [-0.4, -0.2) is 57.6 Å². The number of urea groups is 1. The molecule has 0 spiro atoms. The second kappa shape index (κ2) is 13.3. The summed E-state index contributed by atoms with van der Waals surface area (Å²) in [5.74, 6) is -2.63. The number of fused-ring (bicyclic) bond motifs is 1. The van der Waals surface area contributed by atoms with Crippen molar-refractivity contribution >= 4 is 22.8 Å². The maximum absolute atomic E-state index is 15.6. The molecule has 2 N–H and O–H groups in total. The van der Waals surface area contributed by atoms with Gasteiger partial charge in [0.05, 0.1) is 36.3 Å². The Morgan fingerprint density at radius 3 is 2.31 bits per heavy atom. The van der Waals surface area contributed by atoms with Gasteiger partial charge in [0.15, 0.2) is 17.2 Å². The molecule has 5 aromatic rings. The molecule has 0 radical (unpaired) electrons. The third kappa shape index (κ3) is 6.38. The van der Waals surface area contributed by atoms with Crippen LogP contribution >= 0.6 is 0 Å². The summed E-state index contributed by atoms with van der Waals surface area (Å²) in [6.07, 6.45) is -4.99. The molecular formula is C32H30F5N7O4. The number of aromatic nitrogens is 4. The summed E-state index contributed by atoms with van der Waals surface area (Å²) in [5, 5.41) is 9.53. The van der Waals surface area contributed by atoms with Crippen LogP contribution in [0.5, 0.6) is 5.75 Å². The molecule has 0 aliphatic heterocycles. The number of amides is 2. The van der Waals surface area contributed by atoms with Gasteiger partial charge < -0.3 is 20.3 Å². The minimum absolute atomic E-state index is 0.0247. The molecule has 0 fully saturated rings. The van der Waals surface area contributed by atoms with Crippen molar-refractivity contribution in [3.05, 3.63) is 110 Å². The largest absolute Gasteiger partial charge is 0.494 e. The van der Waals surface area contributed by atoms with Gasteiger partial charge in [-0.1, -0.05) is 12.1 Å². The van der Waals surface area contributed by atoms with Crippen LogP contribution in [-0.2, 0) is 19.3 Å². The Morgan fingerprint density at radius 2 is 1.69 bits per heavy atom. The molecule has 0 atom stereocenters. The molecule has 3 aromatic carbocycles. The van der Waals surface area contributed by atoms with Gasteiger partial charge >= 0.3 is 17.9 Å². The first-order valence-electron chi connectivity index (χ1n) is 14.5. The van der Waals surface area contributed by atoms with Crippen molar-refractivity contribution in [2.24, 2.45) is 0 Å². The second-order valence-corrected chi connectivity index (χ2v) is 10.9. The summed E-state index contributed by atoms with van der Waals surface area (Å²) >= 11 is 0. The van der Waals surface area contributed by atoms with Gasteiger partial charge in [0, 0.05) is 24.3 Å². The monoisotopic (exact) mass is 671 g/mol. The predicted molar refractivity (Wildman–Crippen MR) is 168 cm³/mol. The number of hydrogen-bond acceptors (Lipinski definition) is 6. The number of methoxy groups -OCH3 is 1. The maximum Gasteiger partial charge on any atom is 0.416 e. The van der Waals surface area contributed by atoms with Crippen molar-refractivity contribution < 1.29 is 31.5 Å². The van der Waals surface area contributed by atoms with Gasteiger partial charge in [-0.05, 0) is 69.6 Å². The Bertz CT molecular complexity index is 2120. The first-order valence-corrected chi connectivity index (χ1v) is 14.5. The normalized spacial score (nSPS) is 11.7. The number of hydrogen-bond donors (Lipinski definition) is 2. The van der Waals surface area contributed by atoms with Gasteiger partial charge in [0.25, 0.3) is 5.56 Å². The van der Waals surface area contributed by atoms with E-state index in [-0.39, 0.29) is 29.0 Å². The Morgan fingerprint density at radius 1 is 1.00 bits per heavy atom. The predicted octanol–water partition coefficient (Wildman–Crippen LogP) is 4.90. The minimum Gasteiger partial charge on any atom is -0.494 e. The zero-order valence-electron chi connectivity index (χ0n) is 26.2. The number of anilines is 1. The van der Waals surface area contributed by atoms with Gasteiger partial charge in [0.1, 0.15) is 11.2 Å². The number of rotatable bonds is 9. The molecule has 2 amide bonds. The highest BCUT2D eigenvalue weighted by Crippen LogP contribution is 2.34. The molecule has 16 heteroatoms. The average Bonchev–Trinajstić information content (AvgIpc) is 3.39. The highest BCUT2D eigenvalue weighted by atomic mass is 19.4. The number of carbonyl (C=O) groups is 1. The van der Waals surface area contributed by atoms with E-state index >= 15 is 8.78 Å². The third-order valence-corrected chi connectivity index (χ3v) is 7.37. The lowest BCUT2D eigenvalue weighted by Crippen LogP contribution is -2.40. The zero-order chi connectivity index (χ0) is 34.9. The number of alkyl halides is 3. The summed E-state index contributed by atoms with van der Waals surface area (Å²) in [7, 11) is 4.56. The van der Waals surface area contributed by atoms with Gasteiger partial charge in [-0.15, -0.1) is 5.10 Å². The minimum atomic E-state index is -4.99. The van der Waals surface area contributed by atoms with E-state index in [9.17, 15) is 27.6 Å². The first kappa shape index (κ1) is 33.8. The molecule has 48 heavy (non-hydrogen) atoms. The smallest absolute Gasteiger partial charge is 0.416 e. The van der Waals surface area contributed by atoms with E-state index in [4.69, 9.17) is 4.74 Å². The first-order chi connectivity index (χ1) is 22.8. The standard InChI is InChI=1S/C32H30F5N7O4/c1-5-38-30(46)39-18-12-14-19(15-13-18)44-24(17-41(2)3)26-28(40-44)42(16-20-21(32(35,36)37)8-6-9-22(20)33)31(47)43(29(26)45)23-10-7-11-25(48-4)27(23)34/h6-15H,5,16-17H2,1-4H3,(H2,38,39,46). The Labute approximate surface area is 269 Å². The molecule has 252 valence electrons. The molecule has 0 bridgehead atoms. The van der Waals surface area contributed by atoms with Crippen LogP contribution in [0.4, 0.5) is 32.4 Å². The van der Waals surface area contributed by atoms with Crippen molar-refractivity contribution in [3.8, 4) is 17.1 Å². The quantitative estimate of drug-likeness (QED) is 0.216. The summed E-state index contributed by atoms with van der Waals surface area (Å²) in [4.78, 5) is 42.0. The molecule has 0 saturated carbocycles. The van der Waals surface area contributed by atoms with Crippen LogP contribution in [0.3, 0.4) is 0 Å². The van der Waals surface area contributed by atoms with Crippen LogP contribution in [0.25, 0.3) is 22.4 Å². The Balaban J connectivity index is 1.85. The van der Waals surface area contributed by atoms with Gasteiger partial charge in [-0.2, -0.15) is 13.2 Å². The van der Waals surface area contributed by atoms with Crippen molar-refractivity contribution in [2.45, 2.75) is 26.2 Å². The van der Waals surface area contributed by atoms with E-state index in [1.165, 1.54) is 23.9 Å². The van der Waals surface area contributed by atoms with E-state index in [0.29, 0.717) is 33.1 Å². The zero-order valence-corrected chi connectivity index (χ0v) is 26.2. The fourth-order valence-electron chi connectivity index (χ4n) is 5.27. The average molecular weight is 672 g/mol. The molecule has 2 aromatic heterocycles. The topological polar surface area (TPSA) is 115 Å². The molecule has 2 heterocycles. The van der Waals surface area contributed by atoms with E-state index in [2.05, 4.69) is 15.7 Å². The number of carbonyl (C=O) groups excluding carboxylic acids is 1. The lowest BCUT2D eigenvalue weighted by atomic mass is 10.1. The van der Waals surface area contributed by atoms with Gasteiger partial charge in [-0.25, -0.2) is 27.6 Å². The number of nitrogens with one attached hydrogen (secondary N) is 2. The Kier molecular flexibility index (Phi) is 9.38. The molecule has 0 saturated heterocycles. The summed E-state index contributed by atoms with van der Waals surface area (Å²) in [6.45, 7) is 1.17. The number of benzene rings is 3. The van der Waals surface area contributed by atoms with E-state index in [1.807, 2.05) is 0 Å². The van der Waals surface area contributed by atoms with E-state index < -0.39 is 58.4 Å². The number of nitrogens with zero attached hydrogens (tertiary/aromatic N) is 5. The number of ether oxygens (including phenoxy) is 1. The highest BCUT2D eigenvalue weighted by molar-refractivity contribution is 5.89. The molecule has 0 unspecified atom stereocenters. The van der Waals surface area contributed by atoms with Crippen LogP contribution in [0.15, 0.2) is 70.3 Å². The summed E-state index contributed by atoms with van der Waals surface area (Å²) < 4.78 is 80.4. The van der Waals surface area contributed by atoms with Crippen molar-refractivity contribution in [1.29, 1.82) is 0 Å². The SMILES string of the molecule is CCNC(=O)Nc1ccc(-n2nc3c(c2CN(C)C)c(=O)n(-c2cccc(OC)c2F)c(=O)n3Cc2c(F)cccc2C(F)(F)F)cc1. The second-order valence-electron chi connectivity index (χ2n) is 10.9. The molecule has 11 nitrogen and oxygen atoms in total. The lowest BCUT2D eigenvalue weighted by Gasteiger charge is -2.17. The fraction of sp³-hybridized carbons (Fsp3) is 0.250. The lowest BCUT2D eigenvalue weighted by molar-refractivity contribution is -0.138. The summed E-state index contributed by atoms with van der Waals surface area (Å²) in [5.41, 5.74) is -4.42.